The Morgan fingerprint density at radius 3 is 2.70 bits per heavy atom. The first-order valence-electron chi connectivity index (χ1n) is 5.24. The number of carbonyl (C=O) groups excluding carboxylic acids is 1. The third-order valence-corrected chi connectivity index (χ3v) is 3.52. The lowest BCUT2D eigenvalue weighted by molar-refractivity contribution is -0.390. The van der Waals surface area contributed by atoms with Crippen LogP contribution < -0.4 is 0 Å². The van der Waals surface area contributed by atoms with Crippen molar-refractivity contribution in [2.75, 3.05) is 0 Å². The van der Waals surface area contributed by atoms with Crippen LogP contribution in [-0.4, -0.2) is 20.5 Å². The molecule has 104 valence electrons. The molecular formula is C11H6BrCl2N3O3. The highest BCUT2D eigenvalue weighted by molar-refractivity contribution is 9.10. The van der Waals surface area contributed by atoms with Crippen LogP contribution in [0.4, 0.5) is 5.82 Å². The molecule has 0 radical (unpaired) electrons. The highest BCUT2D eigenvalue weighted by atomic mass is 79.9. The number of hydrogen-bond acceptors (Lipinski definition) is 4. The maximum Gasteiger partial charge on any atom is 0.404 e. The minimum Gasteiger partial charge on any atom is -0.358 e. The topological polar surface area (TPSA) is 78.0 Å². The molecule has 6 nitrogen and oxygen atoms in total. The summed E-state index contributed by atoms with van der Waals surface area (Å²) >= 11 is 14.7. The van der Waals surface area contributed by atoms with Crippen LogP contribution in [0.2, 0.25) is 10.0 Å². The molecular weight excluding hydrogens is 373 g/mol. The van der Waals surface area contributed by atoms with E-state index in [1.54, 1.807) is 6.07 Å². The van der Waals surface area contributed by atoms with E-state index >= 15 is 0 Å². The van der Waals surface area contributed by atoms with E-state index in [9.17, 15) is 14.9 Å². The summed E-state index contributed by atoms with van der Waals surface area (Å²) in [5.41, 5.74) is 0.283. The number of carbonyl (C=O) groups is 1. The summed E-state index contributed by atoms with van der Waals surface area (Å²) in [7, 11) is 0. The van der Waals surface area contributed by atoms with E-state index in [0.717, 1.165) is 0 Å². The zero-order valence-corrected chi connectivity index (χ0v) is 12.8. The zero-order chi connectivity index (χ0) is 14.9. The van der Waals surface area contributed by atoms with Crippen LogP contribution in [0, 0.1) is 10.1 Å². The second kappa shape index (κ2) is 5.90. The first-order valence-corrected chi connectivity index (χ1v) is 6.79. The molecule has 0 bridgehead atoms. The van der Waals surface area contributed by atoms with Crippen molar-refractivity contribution >= 4 is 50.7 Å². The van der Waals surface area contributed by atoms with Crippen LogP contribution >= 0.6 is 39.1 Å². The largest absolute Gasteiger partial charge is 0.404 e. The van der Waals surface area contributed by atoms with Gasteiger partial charge in [-0.2, -0.15) is 4.68 Å². The third kappa shape index (κ3) is 3.17. The minimum absolute atomic E-state index is 0.159. The molecule has 0 saturated carbocycles. The van der Waals surface area contributed by atoms with Crippen molar-refractivity contribution in [3.63, 3.8) is 0 Å². The van der Waals surface area contributed by atoms with Crippen molar-refractivity contribution in [3.8, 4) is 0 Å². The molecule has 0 N–H and O–H groups in total. The number of halogens is 3. The first kappa shape index (κ1) is 15.0. The molecule has 0 aliphatic carbocycles. The molecule has 0 atom stereocenters. The lowest BCUT2D eigenvalue weighted by atomic mass is 10.1. The summed E-state index contributed by atoms with van der Waals surface area (Å²) in [4.78, 5) is 22.1. The molecule has 1 aromatic carbocycles. The fourth-order valence-corrected chi connectivity index (χ4v) is 2.51. The second-order valence-corrected chi connectivity index (χ2v) is 5.50. The Morgan fingerprint density at radius 2 is 2.15 bits per heavy atom. The minimum atomic E-state index is -0.639. The molecule has 0 unspecified atom stereocenters. The van der Waals surface area contributed by atoms with Gasteiger partial charge in [0.1, 0.15) is 11.0 Å². The number of aromatic nitrogens is 2. The van der Waals surface area contributed by atoms with Gasteiger partial charge in [-0.1, -0.05) is 23.2 Å². The van der Waals surface area contributed by atoms with E-state index in [1.165, 1.54) is 23.0 Å². The van der Waals surface area contributed by atoms with Crippen LogP contribution in [0.1, 0.15) is 10.4 Å². The van der Waals surface area contributed by atoms with E-state index in [-0.39, 0.29) is 33.2 Å². The van der Waals surface area contributed by atoms with Crippen LogP contribution in [-0.2, 0) is 6.54 Å². The van der Waals surface area contributed by atoms with Gasteiger partial charge in [0, 0.05) is 10.6 Å². The van der Waals surface area contributed by atoms with Crippen molar-refractivity contribution < 1.29 is 9.72 Å². The van der Waals surface area contributed by atoms with E-state index in [1.807, 2.05) is 0 Å². The molecule has 1 heterocycles. The normalized spacial score (nSPS) is 10.6. The highest BCUT2D eigenvalue weighted by Crippen LogP contribution is 2.24. The monoisotopic (exact) mass is 377 g/mol. The predicted octanol–water partition coefficient (Wildman–Crippen LogP) is 3.74. The Labute approximate surface area is 131 Å². The highest BCUT2D eigenvalue weighted by Gasteiger charge is 2.21. The van der Waals surface area contributed by atoms with Crippen LogP contribution in [0.25, 0.3) is 0 Å². The van der Waals surface area contributed by atoms with Crippen molar-refractivity contribution in [3.05, 3.63) is 54.6 Å². The van der Waals surface area contributed by atoms with Gasteiger partial charge in [-0.15, -0.1) is 0 Å². The summed E-state index contributed by atoms with van der Waals surface area (Å²) in [6.45, 7) is -0.159. The van der Waals surface area contributed by atoms with Gasteiger partial charge in [-0.25, -0.2) is 0 Å². The van der Waals surface area contributed by atoms with Gasteiger partial charge < -0.3 is 10.1 Å². The Morgan fingerprint density at radius 1 is 1.45 bits per heavy atom. The lowest BCUT2D eigenvalue weighted by Gasteiger charge is -2.02. The molecule has 2 aromatic rings. The summed E-state index contributed by atoms with van der Waals surface area (Å²) in [5.74, 6) is -0.670. The maximum atomic E-state index is 12.1. The zero-order valence-electron chi connectivity index (χ0n) is 9.72. The first-order chi connectivity index (χ1) is 9.38. The quantitative estimate of drug-likeness (QED) is 0.461. The Bertz CT molecular complexity index is 702. The van der Waals surface area contributed by atoms with Crippen molar-refractivity contribution in [1.82, 2.24) is 9.78 Å². The summed E-state index contributed by atoms with van der Waals surface area (Å²) < 4.78 is 1.38. The van der Waals surface area contributed by atoms with Gasteiger partial charge in [0.15, 0.2) is 5.78 Å². The van der Waals surface area contributed by atoms with Crippen molar-refractivity contribution in [1.29, 1.82) is 0 Å². The average molecular weight is 379 g/mol. The number of nitro groups is 1. The van der Waals surface area contributed by atoms with Crippen LogP contribution in [0.3, 0.4) is 0 Å². The summed E-state index contributed by atoms with van der Waals surface area (Å²) in [6.07, 6.45) is 1.36. The number of ketones is 1. The van der Waals surface area contributed by atoms with E-state index in [0.29, 0.717) is 5.02 Å². The lowest BCUT2D eigenvalue weighted by Crippen LogP contribution is -2.11. The fourth-order valence-electron chi connectivity index (χ4n) is 1.54. The van der Waals surface area contributed by atoms with Gasteiger partial charge in [-0.05, 0) is 39.1 Å². The van der Waals surface area contributed by atoms with Crippen molar-refractivity contribution in [2.45, 2.75) is 6.54 Å². The number of hydrogen-bond donors (Lipinski definition) is 0. The van der Waals surface area contributed by atoms with Gasteiger partial charge in [0.25, 0.3) is 0 Å². The van der Waals surface area contributed by atoms with Gasteiger partial charge in [0.05, 0.1) is 16.3 Å². The van der Waals surface area contributed by atoms with Gasteiger partial charge in [0.2, 0.25) is 0 Å². The summed E-state index contributed by atoms with van der Waals surface area (Å²) in [5, 5.41) is 15.0. The number of rotatable bonds is 4. The summed E-state index contributed by atoms with van der Waals surface area (Å²) in [6, 6.07) is 4.50. The fraction of sp³-hybridized carbons (Fsp3) is 0.0909. The predicted molar refractivity (Wildman–Crippen MR) is 77.4 cm³/mol. The number of benzene rings is 1. The smallest absolute Gasteiger partial charge is 0.358 e. The Balaban J connectivity index is 2.23. The van der Waals surface area contributed by atoms with Gasteiger partial charge >= 0.3 is 5.82 Å². The standard InChI is InChI=1S/C11H6BrCl2N3O3/c12-8-4-16(15-11(8)17(19)20)5-10(18)7-2-1-6(13)3-9(7)14/h1-4H,5H2. The van der Waals surface area contributed by atoms with Crippen LogP contribution in [0.15, 0.2) is 28.9 Å². The van der Waals surface area contributed by atoms with E-state index in [4.69, 9.17) is 23.2 Å². The second-order valence-electron chi connectivity index (χ2n) is 3.80. The van der Waals surface area contributed by atoms with Crippen LogP contribution in [0.5, 0.6) is 0 Å². The molecule has 0 aliphatic heterocycles. The molecule has 0 fully saturated rings. The number of Topliss-reactive ketones (excluding diaryl/α,β-unsaturated/α-hetero) is 1. The van der Waals surface area contributed by atoms with E-state index < -0.39 is 4.92 Å². The molecule has 0 amide bonds. The molecule has 2 rings (SSSR count). The molecule has 0 spiro atoms. The maximum absolute atomic E-state index is 12.1. The van der Waals surface area contributed by atoms with E-state index in [2.05, 4.69) is 21.0 Å². The molecule has 9 heteroatoms. The molecule has 1 aromatic heterocycles. The number of nitrogens with zero attached hydrogens (tertiary/aromatic N) is 3. The Hall–Kier alpha value is -1.44. The average Bonchev–Trinajstić information content (AvgIpc) is 2.70. The Kier molecular flexibility index (Phi) is 4.42. The molecule has 0 aliphatic rings. The van der Waals surface area contributed by atoms with Gasteiger partial charge in [-0.3, -0.25) is 4.79 Å². The van der Waals surface area contributed by atoms with Crippen molar-refractivity contribution in [2.24, 2.45) is 0 Å². The SMILES string of the molecule is O=C(Cn1cc(Br)c([N+](=O)[O-])n1)c1ccc(Cl)cc1Cl. The molecule has 20 heavy (non-hydrogen) atoms. The third-order valence-electron chi connectivity index (χ3n) is 2.41. The molecule has 0 saturated heterocycles.